The van der Waals surface area contributed by atoms with Crippen LogP contribution in [0.25, 0.3) is 10.4 Å². The summed E-state index contributed by atoms with van der Waals surface area (Å²) in [7, 11) is 0. The molecule has 1 N–H and O–H groups in total. The van der Waals surface area contributed by atoms with Crippen LogP contribution in [-0.4, -0.2) is 25.9 Å². The standard InChI is InChI=1S/C23H22FNO4S/c1-2-28-19-12-20(15-6-4-3-5-7-15)30-22(19)23(26)25-9-8-16-10-18(24)11-17-13-27-14-29-21(16)17/h3-7,10-12H,2,8-9,13-14H2,1H3,(H,25,26). The summed E-state index contributed by atoms with van der Waals surface area (Å²) in [5.74, 6) is 0.672. The van der Waals surface area contributed by atoms with Gasteiger partial charge in [-0.1, -0.05) is 30.3 Å². The van der Waals surface area contributed by atoms with Crippen molar-refractivity contribution in [3.8, 4) is 21.9 Å². The quantitative estimate of drug-likeness (QED) is 0.589. The molecule has 2 aromatic carbocycles. The molecule has 2 heterocycles. The molecule has 156 valence electrons. The molecule has 0 atom stereocenters. The van der Waals surface area contributed by atoms with Gasteiger partial charge in [0.05, 0.1) is 13.2 Å². The van der Waals surface area contributed by atoms with Gasteiger partial charge in [0.2, 0.25) is 0 Å². The van der Waals surface area contributed by atoms with Gasteiger partial charge in [-0.25, -0.2) is 4.39 Å². The number of nitrogens with one attached hydrogen (secondary N) is 1. The Bertz CT molecular complexity index is 1040. The highest BCUT2D eigenvalue weighted by molar-refractivity contribution is 7.17. The summed E-state index contributed by atoms with van der Waals surface area (Å²) in [6.45, 7) is 3.18. The number of rotatable bonds is 7. The first-order valence-electron chi connectivity index (χ1n) is 9.77. The SMILES string of the molecule is CCOc1cc(-c2ccccc2)sc1C(=O)NCCc1cc(F)cc2c1OCOC2. The van der Waals surface area contributed by atoms with Crippen molar-refractivity contribution in [3.63, 3.8) is 0 Å². The number of hydrogen-bond donors (Lipinski definition) is 1. The summed E-state index contributed by atoms with van der Waals surface area (Å²) in [6, 6.07) is 14.6. The van der Waals surface area contributed by atoms with E-state index in [2.05, 4.69) is 5.32 Å². The maximum atomic E-state index is 13.9. The van der Waals surface area contributed by atoms with Gasteiger partial charge in [-0.2, -0.15) is 0 Å². The number of benzene rings is 2. The second-order valence-electron chi connectivity index (χ2n) is 6.77. The van der Waals surface area contributed by atoms with Crippen LogP contribution in [0.2, 0.25) is 0 Å². The molecule has 0 radical (unpaired) electrons. The third kappa shape index (κ3) is 4.47. The van der Waals surface area contributed by atoms with Gasteiger partial charge < -0.3 is 19.5 Å². The Labute approximate surface area is 178 Å². The third-order valence-corrected chi connectivity index (χ3v) is 5.86. The Kier molecular flexibility index (Phi) is 6.30. The molecule has 0 fully saturated rings. The molecule has 0 aliphatic carbocycles. The number of fused-ring (bicyclic) bond motifs is 1. The van der Waals surface area contributed by atoms with Gasteiger partial charge in [0.1, 0.15) is 22.2 Å². The lowest BCUT2D eigenvalue weighted by atomic mass is 10.1. The highest BCUT2D eigenvalue weighted by atomic mass is 32.1. The van der Waals surface area contributed by atoms with E-state index in [-0.39, 0.29) is 18.5 Å². The Hall–Kier alpha value is -2.90. The minimum atomic E-state index is -0.339. The molecule has 1 aromatic heterocycles. The molecule has 0 saturated heterocycles. The average molecular weight is 427 g/mol. The molecule has 1 aliphatic rings. The van der Waals surface area contributed by atoms with E-state index in [9.17, 15) is 9.18 Å². The number of ether oxygens (including phenoxy) is 3. The van der Waals surface area contributed by atoms with Crippen LogP contribution in [0, 0.1) is 5.82 Å². The Morgan fingerprint density at radius 1 is 1.23 bits per heavy atom. The van der Waals surface area contributed by atoms with Gasteiger partial charge in [0.15, 0.2) is 6.79 Å². The smallest absolute Gasteiger partial charge is 0.265 e. The molecule has 3 aromatic rings. The van der Waals surface area contributed by atoms with Crippen molar-refractivity contribution < 1.29 is 23.4 Å². The minimum absolute atomic E-state index is 0.146. The molecular weight excluding hydrogens is 405 g/mol. The van der Waals surface area contributed by atoms with E-state index in [0.717, 1.165) is 16.0 Å². The maximum absolute atomic E-state index is 13.9. The number of carbonyl (C=O) groups excluding carboxylic acids is 1. The van der Waals surface area contributed by atoms with E-state index < -0.39 is 0 Å². The molecule has 30 heavy (non-hydrogen) atoms. The zero-order chi connectivity index (χ0) is 20.9. The lowest BCUT2D eigenvalue weighted by Gasteiger charge is -2.21. The number of thiophene rings is 1. The first-order chi connectivity index (χ1) is 14.7. The fourth-order valence-electron chi connectivity index (χ4n) is 3.37. The van der Waals surface area contributed by atoms with Crippen molar-refractivity contribution in [3.05, 3.63) is 70.4 Å². The van der Waals surface area contributed by atoms with Gasteiger partial charge in [-0.15, -0.1) is 11.3 Å². The highest BCUT2D eigenvalue weighted by Gasteiger charge is 2.20. The molecule has 0 unspecified atom stereocenters. The van der Waals surface area contributed by atoms with Crippen molar-refractivity contribution in [1.29, 1.82) is 0 Å². The second kappa shape index (κ2) is 9.28. The number of carbonyl (C=O) groups is 1. The van der Waals surface area contributed by atoms with Crippen LogP contribution in [0.4, 0.5) is 4.39 Å². The van der Waals surface area contributed by atoms with Gasteiger partial charge in [-0.05, 0) is 42.7 Å². The lowest BCUT2D eigenvalue weighted by Crippen LogP contribution is -2.26. The van der Waals surface area contributed by atoms with Crippen LogP contribution in [0.3, 0.4) is 0 Å². The maximum Gasteiger partial charge on any atom is 0.265 e. The molecule has 1 amide bonds. The summed E-state index contributed by atoms with van der Waals surface area (Å²) in [4.78, 5) is 14.3. The molecule has 7 heteroatoms. The fraction of sp³-hybridized carbons (Fsp3) is 0.261. The summed E-state index contributed by atoms with van der Waals surface area (Å²) in [6.07, 6.45) is 0.451. The molecule has 5 nitrogen and oxygen atoms in total. The van der Waals surface area contributed by atoms with Crippen molar-refractivity contribution in [2.45, 2.75) is 20.0 Å². The average Bonchev–Trinajstić information content (AvgIpc) is 3.18. The normalized spacial score (nSPS) is 12.7. The van der Waals surface area contributed by atoms with Crippen molar-refractivity contribution in [2.75, 3.05) is 19.9 Å². The Morgan fingerprint density at radius 2 is 2.07 bits per heavy atom. The number of hydrogen-bond acceptors (Lipinski definition) is 5. The monoisotopic (exact) mass is 427 g/mol. The van der Waals surface area contributed by atoms with Gasteiger partial charge in [0, 0.05) is 17.0 Å². The van der Waals surface area contributed by atoms with Crippen LogP contribution in [0.5, 0.6) is 11.5 Å². The van der Waals surface area contributed by atoms with Gasteiger partial charge >= 0.3 is 0 Å². The topological polar surface area (TPSA) is 56.8 Å². The van der Waals surface area contributed by atoms with Crippen LogP contribution in [0.1, 0.15) is 27.7 Å². The van der Waals surface area contributed by atoms with E-state index in [4.69, 9.17) is 14.2 Å². The molecule has 1 aliphatic heterocycles. The number of amides is 1. The van der Waals surface area contributed by atoms with E-state index >= 15 is 0 Å². The first kappa shape index (κ1) is 20.4. The van der Waals surface area contributed by atoms with Gasteiger partial charge in [0.25, 0.3) is 5.91 Å². The van der Waals surface area contributed by atoms with E-state index in [1.54, 1.807) is 0 Å². The highest BCUT2D eigenvalue weighted by Crippen LogP contribution is 2.36. The largest absolute Gasteiger partial charge is 0.492 e. The predicted octanol–water partition coefficient (Wildman–Crippen LogP) is 4.79. The predicted molar refractivity (Wildman–Crippen MR) is 114 cm³/mol. The van der Waals surface area contributed by atoms with Crippen LogP contribution < -0.4 is 14.8 Å². The van der Waals surface area contributed by atoms with Crippen molar-refractivity contribution in [1.82, 2.24) is 5.32 Å². The fourth-order valence-corrected chi connectivity index (χ4v) is 4.40. The van der Waals surface area contributed by atoms with E-state index in [1.807, 2.05) is 43.3 Å². The van der Waals surface area contributed by atoms with Gasteiger partial charge in [-0.3, -0.25) is 4.79 Å². The zero-order valence-corrected chi connectivity index (χ0v) is 17.4. The zero-order valence-electron chi connectivity index (χ0n) is 16.6. The van der Waals surface area contributed by atoms with Crippen LogP contribution >= 0.6 is 11.3 Å². The van der Waals surface area contributed by atoms with E-state index in [1.165, 1.54) is 23.5 Å². The van der Waals surface area contributed by atoms with Crippen molar-refractivity contribution in [2.24, 2.45) is 0 Å². The summed E-state index contributed by atoms with van der Waals surface area (Å²) < 4.78 is 30.3. The van der Waals surface area contributed by atoms with Crippen LogP contribution in [-0.2, 0) is 17.8 Å². The molecule has 0 saturated carbocycles. The lowest BCUT2D eigenvalue weighted by molar-refractivity contribution is -0.0172. The van der Waals surface area contributed by atoms with Crippen LogP contribution in [0.15, 0.2) is 48.5 Å². The molecule has 0 bridgehead atoms. The van der Waals surface area contributed by atoms with Crippen molar-refractivity contribution >= 4 is 17.2 Å². The second-order valence-corrected chi connectivity index (χ2v) is 7.82. The summed E-state index contributed by atoms with van der Waals surface area (Å²) in [5, 5.41) is 2.92. The first-order valence-corrected chi connectivity index (χ1v) is 10.6. The minimum Gasteiger partial charge on any atom is -0.492 e. The molecule has 0 spiro atoms. The summed E-state index contributed by atoms with van der Waals surface area (Å²) >= 11 is 1.39. The number of halogens is 1. The molecule has 4 rings (SSSR count). The van der Waals surface area contributed by atoms with E-state index in [0.29, 0.717) is 48.1 Å². The third-order valence-electron chi connectivity index (χ3n) is 4.69. The Morgan fingerprint density at radius 3 is 2.87 bits per heavy atom. The molecular formula is C23H22FNO4S. The summed E-state index contributed by atoms with van der Waals surface area (Å²) in [5.41, 5.74) is 2.44. The Balaban J connectivity index is 1.47.